The topological polar surface area (TPSA) is 72.5 Å². The van der Waals surface area contributed by atoms with Crippen molar-refractivity contribution < 1.29 is 14.7 Å². The fraction of sp³-hybridized carbons (Fsp3) is 0.632. The third kappa shape index (κ3) is 2.23. The summed E-state index contributed by atoms with van der Waals surface area (Å²) in [7, 11) is 0. The number of rotatable bonds is 4. The van der Waals surface area contributed by atoms with Crippen molar-refractivity contribution in [3.05, 3.63) is 28.8 Å². The molecular formula is C19H27NO3. The Morgan fingerprint density at radius 3 is 2.22 bits per heavy atom. The van der Waals surface area contributed by atoms with Crippen LogP contribution in [0.25, 0.3) is 0 Å². The van der Waals surface area contributed by atoms with Crippen LogP contribution < -0.4 is 10.7 Å². The Morgan fingerprint density at radius 2 is 1.83 bits per heavy atom. The summed E-state index contributed by atoms with van der Waals surface area (Å²) in [5.74, 6) is 6.02. The lowest BCUT2D eigenvalue weighted by atomic mass is 9.44. The van der Waals surface area contributed by atoms with Gasteiger partial charge in [0.25, 0.3) is 0 Å². The third-order valence-electron chi connectivity index (χ3n) is 6.28. The molecule has 0 aliphatic heterocycles. The van der Waals surface area contributed by atoms with Crippen LogP contribution in [0.4, 0.5) is 0 Å². The SMILES string of the molecule is CCc1cc(ON)cc(CC)c1C1C(=O)C2CC(C1O)C2(C)C. The molecule has 0 amide bonds. The minimum absolute atomic E-state index is 0.0701. The fourth-order valence-corrected chi connectivity index (χ4v) is 4.75. The first-order chi connectivity index (χ1) is 10.9. The highest BCUT2D eigenvalue weighted by Crippen LogP contribution is 2.61. The quantitative estimate of drug-likeness (QED) is 0.838. The summed E-state index contributed by atoms with van der Waals surface area (Å²) in [5.41, 5.74) is 3.05. The first-order valence-electron chi connectivity index (χ1n) is 8.60. The molecule has 0 heterocycles. The number of benzene rings is 1. The largest absolute Gasteiger partial charge is 0.412 e. The Kier molecular flexibility index (Phi) is 4.01. The minimum Gasteiger partial charge on any atom is -0.412 e. The van der Waals surface area contributed by atoms with E-state index >= 15 is 0 Å². The van der Waals surface area contributed by atoms with E-state index in [0.717, 1.165) is 36.0 Å². The van der Waals surface area contributed by atoms with Gasteiger partial charge < -0.3 is 9.94 Å². The number of hydrogen-bond acceptors (Lipinski definition) is 4. The van der Waals surface area contributed by atoms with E-state index in [2.05, 4.69) is 27.7 Å². The number of carbonyl (C=O) groups excluding carboxylic acids is 1. The normalized spacial score (nSPS) is 31.7. The van der Waals surface area contributed by atoms with Crippen molar-refractivity contribution in [3.63, 3.8) is 0 Å². The Hall–Kier alpha value is -1.39. The monoisotopic (exact) mass is 317 g/mol. The molecule has 0 spiro atoms. The zero-order valence-corrected chi connectivity index (χ0v) is 14.4. The van der Waals surface area contributed by atoms with E-state index in [1.54, 1.807) is 0 Å². The highest BCUT2D eigenvalue weighted by molar-refractivity contribution is 5.92. The highest BCUT2D eigenvalue weighted by Gasteiger charge is 2.62. The summed E-state index contributed by atoms with van der Waals surface area (Å²) in [6.07, 6.45) is 1.81. The maximum atomic E-state index is 13.1. The van der Waals surface area contributed by atoms with E-state index < -0.39 is 12.0 Å². The average Bonchev–Trinajstić information content (AvgIpc) is 2.53. The van der Waals surface area contributed by atoms with Gasteiger partial charge in [0, 0.05) is 5.92 Å². The third-order valence-corrected chi connectivity index (χ3v) is 6.28. The van der Waals surface area contributed by atoms with Crippen LogP contribution in [0, 0.1) is 17.3 Å². The van der Waals surface area contributed by atoms with E-state index in [-0.39, 0.29) is 23.0 Å². The van der Waals surface area contributed by atoms with E-state index in [4.69, 9.17) is 10.7 Å². The Balaban J connectivity index is 2.10. The summed E-state index contributed by atoms with van der Waals surface area (Å²) < 4.78 is 0. The van der Waals surface area contributed by atoms with E-state index in [1.165, 1.54) is 0 Å². The summed E-state index contributed by atoms with van der Waals surface area (Å²) >= 11 is 0. The number of hydrogen-bond donors (Lipinski definition) is 2. The van der Waals surface area contributed by atoms with Gasteiger partial charge in [-0.05, 0) is 59.4 Å². The van der Waals surface area contributed by atoms with Crippen LogP contribution in [0.3, 0.4) is 0 Å². The molecule has 3 N–H and O–H groups in total. The van der Waals surface area contributed by atoms with Crippen LogP contribution in [-0.2, 0) is 17.6 Å². The zero-order valence-electron chi connectivity index (χ0n) is 14.4. The number of Topliss-reactive ketones (excluding diaryl/α,β-unsaturated/α-hetero) is 1. The lowest BCUT2D eigenvalue weighted by Gasteiger charge is -2.60. The molecule has 3 fully saturated rings. The fourth-order valence-electron chi connectivity index (χ4n) is 4.75. The smallest absolute Gasteiger partial charge is 0.147 e. The zero-order chi connectivity index (χ0) is 16.9. The second-order valence-corrected chi connectivity index (χ2v) is 7.57. The van der Waals surface area contributed by atoms with Crippen molar-refractivity contribution in [1.82, 2.24) is 0 Å². The summed E-state index contributed by atoms with van der Waals surface area (Å²) in [6.45, 7) is 8.33. The van der Waals surface area contributed by atoms with E-state index in [1.807, 2.05) is 12.1 Å². The number of nitrogens with two attached hydrogens (primary N) is 1. The van der Waals surface area contributed by atoms with Crippen LogP contribution in [0.2, 0.25) is 0 Å². The summed E-state index contributed by atoms with van der Waals surface area (Å²) in [5, 5.41) is 10.9. The number of ketones is 1. The van der Waals surface area contributed by atoms with Gasteiger partial charge in [-0.15, -0.1) is 0 Å². The van der Waals surface area contributed by atoms with Gasteiger partial charge in [0.2, 0.25) is 0 Å². The number of aliphatic hydroxyl groups is 1. The first-order valence-corrected chi connectivity index (χ1v) is 8.60. The lowest BCUT2D eigenvalue weighted by molar-refractivity contribution is -0.174. The van der Waals surface area contributed by atoms with Gasteiger partial charge in [0.15, 0.2) is 0 Å². The molecule has 0 radical (unpaired) electrons. The first kappa shape index (κ1) is 16.5. The van der Waals surface area contributed by atoms with Crippen molar-refractivity contribution in [2.24, 2.45) is 23.1 Å². The van der Waals surface area contributed by atoms with Crippen molar-refractivity contribution in [2.45, 2.75) is 59.0 Å². The van der Waals surface area contributed by atoms with Gasteiger partial charge in [0.1, 0.15) is 11.5 Å². The molecule has 1 aromatic rings. The van der Waals surface area contributed by atoms with Crippen LogP contribution in [0.1, 0.15) is 56.7 Å². The second-order valence-electron chi connectivity index (χ2n) is 7.57. The Bertz CT molecular complexity index is 612. The molecule has 3 saturated carbocycles. The molecule has 126 valence electrons. The predicted octanol–water partition coefficient (Wildman–Crippen LogP) is 2.75. The molecular weight excluding hydrogens is 290 g/mol. The van der Waals surface area contributed by atoms with Crippen molar-refractivity contribution in [1.29, 1.82) is 0 Å². The average molecular weight is 317 g/mol. The van der Waals surface area contributed by atoms with Gasteiger partial charge in [-0.2, -0.15) is 5.90 Å². The number of aryl methyl sites for hydroxylation is 2. The molecule has 0 saturated heterocycles. The number of carbonyl (C=O) groups is 1. The van der Waals surface area contributed by atoms with Crippen molar-refractivity contribution >= 4 is 5.78 Å². The van der Waals surface area contributed by atoms with Crippen LogP contribution in [0.5, 0.6) is 5.75 Å². The molecule has 4 unspecified atom stereocenters. The van der Waals surface area contributed by atoms with Crippen molar-refractivity contribution in [3.8, 4) is 5.75 Å². The van der Waals surface area contributed by atoms with Crippen LogP contribution >= 0.6 is 0 Å². The van der Waals surface area contributed by atoms with E-state index in [9.17, 15) is 9.90 Å². The molecule has 3 aliphatic rings. The summed E-state index contributed by atoms with van der Waals surface area (Å²) in [4.78, 5) is 18.0. The predicted molar refractivity (Wildman–Crippen MR) is 89.1 cm³/mol. The standard InChI is InChI=1S/C19H27NO3/c1-5-10-7-12(23-20)8-11(6-2)15(10)16-17(21)13-9-14(18(16)22)19(13,3)4/h7-8,13-14,16-17,21H,5-6,9,20H2,1-4H3. The number of fused-ring (bicyclic) bond motifs is 2. The van der Waals surface area contributed by atoms with Gasteiger partial charge in [-0.3, -0.25) is 4.79 Å². The maximum absolute atomic E-state index is 13.1. The molecule has 1 aromatic carbocycles. The van der Waals surface area contributed by atoms with Crippen LogP contribution in [-0.4, -0.2) is 17.0 Å². The Morgan fingerprint density at radius 1 is 1.26 bits per heavy atom. The second kappa shape index (κ2) is 5.60. The maximum Gasteiger partial charge on any atom is 0.147 e. The molecule has 3 aliphatic carbocycles. The highest BCUT2D eigenvalue weighted by atomic mass is 16.6. The lowest BCUT2D eigenvalue weighted by Crippen LogP contribution is -2.62. The molecule has 0 aromatic heterocycles. The van der Waals surface area contributed by atoms with Crippen LogP contribution in [0.15, 0.2) is 12.1 Å². The molecule has 4 rings (SSSR count). The van der Waals surface area contributed by atoms with Crippen molar-refractivity contribution in [2.75, 3.05) is 0 Å². The molecule has 4 atom stereocenters. The molecule has 4 nitrogen and oxygen atoms in total. The summed E-state index contributed by atoms with van der Waals surface area (Å²) in [6, 6.07) is 3.81. The number of aliphatic hydroxyl groups excluding tert-OH is 1. The molecule has 4 heteroatoms. The van der Waals surface area contributed by atoms with Gasteiger partial charge >= 0.3 is 0 Å². The Labute approximate surface area is 138 Å². The molecule has 23 heavy (non-hydrogen) atoms. The van der Waals surface area contributed by atoms with Gasteiger partial charge in [0.05, 0.1) is 12.0 Å². The van der Waals surface area contributed by atoms with Gasteiger partial charge in [-0.1, -0.05) is 27.7 Å². The molecule has 2 bridgehead atoms. The van der Waals surface area contributed by atoms with E-state index in [0.29, 0.717) is 5.75 Å². The van der Waals surface area contributed by atoms with Gasteiger partial charge in [-0.25, -0.2) is 0 Å². The minimum atomic E-state index is -0.595.